The lowest BCUT2D eigenvalue weighted by atomic mass is 10.0. The Kier molecular flexibility index (Phi) is 11.1. The van der Waals surface area contributed by atoms with Gasteiger partial charge in [0.1, 0.15) is 12.6 Å². The molecule has 2 amide bonds. The van der Waals surface area contributed by atoms with E-state index >= 15 is 0 Å². The van der Waals surface area contributed by atoms with Crippen LogP contribution in [0.1, 0.15) is 30.5 Å². The Labute approximate surface area is 269 Å². The van der Waals surface area contributed by atoms with Crippen LogP contribution in [0.25, 0.3) is 0 Å². The van der Waals surface area contributed by atoms with Crippen molar-refractivity contribution in [3.8, 4) is 0 Å². The highest BCUT2D eigenvalue weighted by Gasteiger charge is 2.35. The molecule has 4 aromatic carbocycles. The van der Waals surface area contributed by atoms with Gasteiger partial charge in [0.25, 0.3) is 10.0 Å². The molecular formula is C34H35Cl2N3O4S. The molecule has 1 atom stereocenters. The van der Waals surface area contributed by atoms with Crippen molar-refractivity contribution in [2.75, 3.05) is 10.8 Å². The van der Waals surface area contributed by atoms with Crippen LogP contribution in [0, 0.1) is 6.92 Å². The number of nitrogens with zero attached hydrogens (tertiary/aromatic N) is 2. The summed E-state index contributed by atoms with van der Waals surface area (Å²) in [4.78, 5) is 29.7. The van der Waals surface area contributed by atoms with Crippen LogP contribution in [0.2, 0.25) is 10.0 Å². The van der Waals surface area contributed by atoms with Gasteiger partial charge in [-0.1, -0.05) is 89.9 Å². The van der Waals surface area contributed by atoms with E-state index in [2.05, 4.69) is 5.32 Å². The second-order valence-electron chi connectivity index (χ2n) is 10.8. The molecule has 0 saturated carbocycles. The number of amides is 2. The first-order chi connectivity index (χ1) is 21.0. The minimum absolute atomic E-state index is 0.0355. The average Bonchev–Trinajstić information content (AvgIpc) is 2.99. The maximum Gasteiger partial charge on any atom is 0.264 e. The normalized spacial score (nSPS) is 12.0. The summed E-state index contributed by atoms with van der Waals surface area (Å²) in [5.74, 6) is -0.977. The summed E-state index contributed by atoms with van der Waals surface area (Å²) in [6.07, 6.45) is 0.184. The molecule has 4 aromatic rings. The van der Waals surface area contributed by atoms with Crippen molar-refractivity contribution in [1.29, 1.82) is 0 Å². The first kappa shape index (κ1) is 33.1. The van der Waals surface area contributed by atoms with Gasteiger partial charge in [-0.25, -0.2) is 8.42 Å². The fourth-order valence-electron chi connectivity index (χ4n) is 4.82. The summed E-state index contributed by atoms with van der Waals surface area (Å²) in [5, 5.41) is 3.58. The van der Waals surface area contributed by atoms with Crippen molar-refractivity contribution in [2.24, 2.45) is 0 Å². The van der Waals surface area contributed by atoms with Gasteiger partial charge in [0.05, 0.1) is 10.6 Å². The zero-order valence-corrected chi connectivity index (χ0v) is 27.1. The number of halogens is 2. The van der Waals surface area contributed by atoms with Crippen LogP contribution >= 0.6 is 23.2 Å². The predicted octanol–water partition coefficient (Wildman–Crippen LogP) is 6.66. The number of carbonyl (C=O) groups is 2. The number of hydrogen-bond donors (Lipinski definition) is 1. The lowest BCUT2D eigenvalue weighted by Gasteiger charge is -2.34. The molecule has 1 N–H and O–H groups in total. The standard InChI is InChI=1S/C34H35Cl2N3O4S/c1-24(2)37-34(41)32(21-26-13-6-4-7-14-26)38(22-29-30(35)18-11-19-31(29)36)33(40)23-39(27-15-10-12-25(3)20-27)44(42,43)28-16-8-5-9-17-28/h4-20,24,32H,21-23H2,1-3H3,(H,37,41)/t32-/m0/s1. The Hall–Kier alpha value is -3.85. The van der Waals surface area contributed by atoms with E-state index in [0.717, 1.165) is 15.4 Å². The van der Waals surface area contributed by atoms with Gasteiger partial charge in [0.2, 0.25) is 11.8 Å². The molecule has 0 spiro atoms. The van der Waals surface area contributed by atoms with E-state index in [1.54, 1.807) is 54.6 Å². The van der Waals surface area contributed by atoms with Gasteiger partial charge in [-0.15, -0.1) is 0 Å². The third-order valence-corrected chi connectivity index (χ3v) is 9.49. The smallest absolute Gasteiger partial charge is 0.264 e. The van der Waals surface area contributed by atoms with Gasteiger partial charge in [-0.05, 0) is 68.3 Å². The number of rotatable bonds is 12. The monoisotopic (exact) mass is 651 g/mol. The van der Waals surface area contributed by atoms with E-state index in [0.29, 0.717) is 21.3 Å². The molecule has 0 fully saturated rings. The van der Waals surface area contributed by atoms with Gasteiger partial charge in [0, 0.05) is 34.6 Å². The molecule has 0 unspecified atom stereocenters. The maximum absolute atomic E-state index is 14.5. The maximum atomic E-state index is 14.5. The topological polar surface area (TPSA) is 86.8 Å². The van der Waals surface area contributed by atoms with Crippen molar-refractivity contribution in [3.63, 3.8) is 0 Å². The first-order valence-corrected chi connectivity index (χ1v) is 16.4. The number of benzene rings is 4. The highest BCUT2D eigenvalue weighted by atomic mass is 35.5. The van der Waals surface area contributed by atoms with Crippen molar-refractivity contribution >= 4 is 50.7 Å². The fraction of sp³-hybridized carbons (Fsp3) is 0.235. The van der Waals surface area contributed by atoms with Crippen LogP contribution in [0.5, 0.6) is 0 Å². The Balaban J connectivity index is 1.84. The van der Waals surface area contributed by atoms with Crippen LogP contribution in [-0.2, 0) is 32.6 Å². The molecule has 0 aliphatic rings. The van der Waals surface area contributed by atoms with Gasteiger partial charge in [-0.3, -0.25) is 13.9 Å². The largest absolute Gasteiger partial charge is 0.352 e. The van der Waals surface area contributed by atoms with Crippen molar-refractivity contribution in [3.05, 3.63) is 130 Å². The quantitative estimate of drug-likeness (QED) is 0.186. The van der Waals surface area contributed by atoms with Crippen LogP contribution < -0.4 is 9.62 Å². The van der Waals surface area contributed by atoms with Crippen molar-refractivity contribution in [1.82, 2.24) is 10.2 Å². The average molecular weight is 653 g/mol. The Morgan fingerprint density at radius 3 is 2.00 bits per heavy atom. The van der Waals surface area contributed by atoms with Crippen LogP contribution in [0.3, 0.4) is 0 Å². The predicted molar refractivity (Wildman–Crippen MR) is 176 cm³/mol. The Morgan fingerprint density at radius 1 is 0.818 bits per heavy atom. The summed E-state index contributed by atoms with van der Waals surface area (Å²) in [7, 11) is -4.18. The highest BCUT2D eigenvalue weighted by molar-refractivity contribution is 7.92. The van der Waals surface area contributed by atoms with Gasteiger partial charge in [0.15, 0.2) is 0 Å². The molecule has 7 nitrogen and oxygen atoms in total. The molecule has 44 heavy (non-hydrogen) atoms. The molecule has 0 bridgehead atoms. The third-order valence-electron chi connectivity index (χ3n) is 6.99. The summed E-state index contributed by atoms with van der Waals surface area (Å²) in [5.41, 5.74) is 2.42. The second kappa shape index (κ2) is 14.8. The number of aryl methyl sites for hydroxylation is 1. The second-order valence-corrected chi connectivity index (χ2v) is 13.4. The minimum Gasteiger partial charge on any atom is -0.352 e. The minimum atomic E-state index is -4.18. The van der Waals surface area contributed by atoms with E-state index in [4.69, 9.17) is 23.2 Å². The Bertz CT molecular complexity index is 1680. The van der Waals surface area contributed by atoms with Gasteiger partial charge < -0.3 is 10.2 Å². The third kappa shape index (κ3) is 8.20. The number of hydrogen-bond acceptors (Lipinski definition) is 4. The molecule has 0 aliphatic heterocycles. The van der Waals surface area contributed by atoms with Gasteiger partial charge in [-0.2, -0.15) is 0 Å². The number of carbonyl (C=O) groups excluding carboxylic acids is 2. The van der Waals surface area contributed by atoms with Crippen molar-refractivity contribution < 1.29 is 18.0 Å². The number of anilines is 1. The molecule has 0 saturated heterocycles. The van der Waals surface area contributed by atoms with Gasteiger partial charge >= 0.3 is 0 Å². The van der Waals surface area contributed by atoms with E-state index in [9.17, 15) is 18.0 Å². The molecule has 230 valence electrons. The van der Waals surface area contributed by atoms with Crippen LogP contribution in [-0.4, -0.2) is 43.8 Å². The van der Waals surface area contributed by atoms with Crippen LogP contribution in [0.4, 0.5) is 5.69 Å². The Morgan fingerprint density at radius 2 is 1.41 bits per heavy atom. The van der Waals surface area contributed by atoms with E-state index in [-0.39, 0.29) is 29.8 Å². The lowest BCUT2D eigenvalue weighted by Crippen LogP contribution is -2.54. The molecule has 0 aromatic heterocycles. The SMILES string of the molecule is Cc1cccc(N(CC(=O)N(Cc2c(Cl)cccc2Cl)[C@@H](Cc2ccccc2)C(=O)NC(C)C)S(=O)(=O)c2ccccc2)c1. The highest BCUT2D eigenvalue weighted by Crippen LogP contribution is 2.29. The summed E-state index contributed by atoms with van der Waals surface area (Å²) in [6.45, 7) is 4.83. The zero-order valence-electron chi connectivity index (χ0n) is 24.8. The van der Waals surface area contributed by atoms with Crippen molar-refractivity contribution in [2.45, 2.75) is 50.7 Å². The summed E-state index contributed by atoms with van der Waals surface area (Å²) >= 11 is 13.1. The number of sulfonamides is 1. The summed E-state index contributed by atoms with van der Waals surface area (Å²) in [6, 6.07) is 28.0. The lowest BCUT2D eigenvalue weighted by molar-refractivity contribution is -0.140. The summed E-state index contributed by atoms with van der Waals surface area (Å²) < 4.78 is 29.2. The molecule has 0 aliphatic carbocycles. The first-order valence-electron chi connectivity index (χ1n) is 14.2. The van der Waals surface area contributed by atoms with Crippen LogP contribution in [0.15, 0.2) is 108 Å². The fourth-order valence-corrected chi connectivity index (χ4v) is 6.76. The number of nitrogens with one attached hydrogen (secondary N) is 1. The van der Waals surface area contributed by atoms with E-state index in [1.807, 2.05) is 57.2 Å². The van der Waals surface area contributed by atoms with E-state index in [1.165, 1.54) is 17.0 Å². The molecule has 4 rings (SSSR count). The zero-order chi connectivity index (χ0) is 31.9. The van der Waals surface area contributed by atoms with E-state index < -0.39 is 28.5 Å². The molecule has 0 heterocycles. The molecule has 10 heteroatoms. The molecular weight excluding hydrogens is 617 g/mol. The molecule has 0 radical (unpaired) electrons.